The van der Waals surface area contributed by atoms with Crippen LogP contribution in [0.2, 0.25) is 0 Å². The lowest BCUT2D eigenvalue weighted by Crippen LogP contribution is -2.51. The monoisotopic (exact) mass is 468 g/mol. The van der Waals surface area contributed by atoms with Gasteiger partial charge in [-0.25, -0.2) is 0 Å². The Morgan fingerprint density at radius 2 is 1.03 bits per heavy atom. The molecule has 4 aliphatic rings. The van der Waals surface area contributed by atoms with Crippen molar-refractivity contribution in [2.45, 2.75) is 78.4 Å². The Labute approximate surface area is 199 Å². The number of rotatable bonds is 4. The first-order valence-corrected chi connectivity index (χ1v) is 11.9. The highest BCUT2D eigenvalue weighted by atomic mass is 16.6. The molecule has 2 amide bonds. The van der Waals surface area contributed by atoms with E-state index in [-0.39, 0.29) is 11.9 Å². The number of anilines is 2. The lowest BCUT2D eigenvalue weighted by molar-refractivity contribution is -0.166. The number of amides is 2. The summed E-state index contributed by atoms with van der Waals surface area (Å²) < 4.78 is 11.4. The molecule has 4 bridgehead atoms. The average molecular weight is 469 g/mol. The lowest BCUT2D eigenvalue weighted by atomic mass is 9.66. The van der Waals surface area contributed by atoms with Crippen LogP contribution in [0.25, 0.3) is 0 Å². The second-order valence-corrected chi connectivity index (χ2v) is 11.8. The van der Waals surface area contributed by atoms with E-state index in [1.165, 1.54) is 0 Å². The molecule has 4 fully saturated rings. The third-order valence-corrected chi connectivity index (χ3v) is 10.3. The van der Waals surface area contributed by atoms with Gasteiger partial charge in [-0.15, -0.1) is 0 Å². The summed E-state index contributed by atoms with van der Waals surface area (Å²) in [4.78, 5) is 52.2. The average Bonchev–Trinajstić information content (AvgIpc) is 3.23. The normalized spacial score (nSPS) is 38.4. The Bertz CT molecular complexity index is 1070. The van der Waals surface area contributed by atoms with Crippen LogP contribution in [-0.4, -0.2) is 35.0 Å². The predicted octanol–water partition coefficient (Wildman–Crippen LogP) is 3.81. The third kappa shape index (κ3) is 2.29. The number of benzene rings is 1. The first kappa shape index (κ1) is 22.9. The first-order chi connectivity index (χ1) is 15.7. The number of carbonyl (C=O) groups is 4. The van der Waals surface area contributed by atoms with E-state index in [1.54, 1.807) is 24.3 Å². The van der Waals surface area contributed by atoms with Crippen molar-refractivity contribution in [1.29, 1.82) is 0 Å². The van der Waals surface area contributed by atoms with Gasteiger partial charge in [0.1, 0.15) is 0 Å². The SMILES string of the molecule is CC12CCC(C(=O)Nc3ccccc3NC(=O)C34CCC(C)(C(=O)O3)C4(C)C)(OC1=O)C2(C)C. The Morgan fingerprint density at radius 1 is 0.676 bits per heavy atom. The van der Waals surface area contributed by atoms with Crippen LogP contribution >= 0.6 is 0 Å². The maximum absolute atomic E-state index is 13.5. The fourth-order valence-electron chi connectivity index (χ4n) is 6.64. The fraction of sp³-hybridized carbons (Fsp3) is 0.615. The first-order valence-electron chi connectivity index (χ1n) is 11.9. The van der Waals surface area contributed by atoms with E-state index < -0.39 is 44.7 Å². The molecule has 4 unspecified atom stereocenters. The highest BCUT2D eigenvalue weighted by Gasteiger charge is 2.76. The minimum absolute atomic E-state index is 0.353. The van der Waals surface area contributed by atoms with Crippen molar-refractivity contribution < 1.29 is 28.7 Å². The van der Waals surface area contributed by atoms with Crippen LogP contribution in [-0.2, 0) is 28.7 Å². The van der Waals surface area contributed by atoms with Crippen LogP contribution < -0.4 is 10.6 Å². The molecular weight excluding hydrogens is 436 g/mol. The molecule has 2 saturated heterocycles. The second-order valence-electron chi connectivity index (χ2n) is 11.8. The molecule has 182 valence electrons. The second kappa shape index (κ2) is 6.40. The highest BCUT2D eigenvalue weighted by Crippen LogP contribution is 2.67. The number of ether oxygens (including phenoxy) is 2. The summed E-state index contributed by atoms with van der Waals surface area (Å²) in [5.41, 5.74) is -4.57. The smallest absolute Gasteiger partial charge is 0.313 e. The summed E-state index contributed by atoms with van der Waals surface area (Å²) in [6.07, 6.45) is 2.03. The Hall–Kier alpha value is -2.90. The van der Waals surface area contributed by atoms with E-state index in [0.717, 1.165) is 0 Å². The van der Waals surface area contributed by atoms with Crippen LogP contribution in [0.15, 0.2) is 24.3 Å². The van der Waals surface area contributed by atoms with Gasteiger partial charge in [0, 0.05) is 10.8 Å². The molecule has 0 radical (unpaired) electrons. The number of hydrogen-bond acceptors (Lipinski definition) is 6. The molecule has 8 nitrogen and oxygen atoms in total. The zero-order chi connectivity index (χ0) is 24.9. The topological polar surface area (TPSA) is 111 Å². The van der Waals surface area contributed by atoms with Crippen molar-refractivity contribution in [3.8, 4) is 0 Å². The van der Waals surface area contributed by atoms with Crippen LogP contribution in [0.3, 0.4) is 0 Å². The van der Waals surface area contributed by atoms with Gasteiger partial charge in [0.15, 0.2) is 11.2 Å². The fourth-order valence-corrected chi connectivity index (χ4v) is 6.64. The zero-order valence-corrected chi connectivity index (χ0v) is 20.6. The van der Waals surface area contributed by atoms with E-state index in [9.17, 15) is 19.2 Å². The highest BCUT2D eigenvalue weighted by molar-refractivity contribution is 6.08. The Morgan fingerprint density at radius 3 is 1.29 bits per heavy atom. The Kier molecular flexibility index (Phi) is 4.31. The molecule has 2 aliphatic heterocycles. The van der Waals surface area contributed by atoms with E-state index >= 15 is 0 Å². The standard InChI is InChI=1S/C26H32N2O6/c1-21(2)23(5)11-13-25(21,33-19(23)31)17(29)27-15-9-7-8-10-16(15)28-18(30)26-14-12-24(6,20(32)34-26)22(26,3)4/h7-10H,11-14H2,1-6H3,(H,27,29)(H,28,30). The summed E-state index contributed by atoms with van der Waals surface area (Å²) in [6, 6.07) is 6.87. The maximum Gasteiger partial charge on any atom is 0.313 e. The van der Waals surface area contributed by atoms with Crippen LogP contribution in [0, 0.1) is 21.7 Å². The minimum atomic E-state index is -1.27. The van der Waals surface area contributed by atoms with Crippen molar-refractivity contribution in [3.63, 3.8) is 0 Å². The third-order valence-electron chi connectivity index (χ3n) is 10.3. The molecule has 0 aromatic heterocycles. The van der Waals surface area contributed by atoms with Gasteiger partial charge in [-0.3, -0.25) is 19.2 Å². The molecule has 1 aromatic carbocycles. The number of carbonyl (C=O) groups excluding carboxylic acids is 4. The minimum Gasteiger partial charge on any atom is -0.448 e. The molecule has 2 heterocycles. The van der Waals surface area contributed by atoms with Crippen molar-refractivity contribution in [2.24, 2.45) is 21.7 Å². The number of hydrogen-bond donors (Lipinski definition) is 2. The number of para-hydroxylation sites is 2. The van der Waals surface area contributed by atoms with E-state index in [4.69, 9.17) is 9.47 Å². The predicted molar refractivity (Wildman–Crippen MR) is 124 cm³/mol. The van der Waals surface area contributed by atoms with Gasteiger partial charge in [0.2, 0.25) is 0 Å². The molecule has 1 aromatic rings. The van der Waals surface area contributed by atoms with Crippen LogP contribution in [0.1, 0.15) is 67.2 Å². The summed E-state index contributed by atoms with van der Waals surface area (Å²) in [7, 11) is 0. The van der Waals surface area contributed by atoms with E-state index in [1.807, 2.05) is 41.5 Å². The number of fused-ring (bicyclic) bond motifs is 4. The summed E-state index contributed by atoms with van der Waals surface area (Å²) in [5, 5.41) is 5.80. The van der Waals surface area contributed by atoms with Gasteiger partial charge >= 0.3 is 11.9 Å². The summed E-state index contributed by atoms with van der Waals surface area (Å²) in [6.45, 7) is 11.3. The van der Waals surface area contributed by atoms with Gasteiger partial charge in [-0.05, 0) is 51.7 Å². The van der Waals surface area contributed by atoms with Crippen molar-refractivity contribution in [1.82, 2.24) is 0 Å². The van der Waals surface area contributed by atoms with Gasteiger partial charge < -0.3 is 20.1 Å². The summed E-state index contributed by atoms with van der Waals surface area (Å²) >= 11 is 0. The molecule has 2 N–H and O–H groups in total. The maximum atomic E-state index is 13.5. The van der Waals surface area contributed by atoms with Crippen LogP contribution in [0.5, 0.6) is 0 Å². The zero-order valence-electron chi connectivity index (χ0n) is 20.6. The van der Waals surface area contributed by atoms with Crippen molar-refractivity contribution in [3.05, 3.63) is 24.3 Å². The van der Waals surface area contributed by atoms with E-state index in [2.05, 4.69) is 10.6 Å². The molecule has 5 rings (SSSR count). The molecule has 34 heavy (non-hydrogen) atoms. The molecule has 8 heteroatoms. The largest absolute Gasteiger partial charge is 0.448 e. The van der Waals surface area contributed by atoms with Crippen molar-refractivity contribution in [2.75, 3.05) is 10.6 Å². The molecule has 2 saturated carbocycles. The van der Waals surface area contributed by atoms with Crippen molar-refractivity contribution >= 4 is 35.1 Å². The quantitative estimate of drug-likeness (QED) is 0.650. The Balaban J connectivity index is 1.42. The number of esters is 2. The van der Waals surface area contributed by atoms with Gasteiger partial charge in [-0.1, -0.05) is 39.8 Å². The van der Waals surface area contributed by atoms with Crippen LogP contribution in [0.4, 0.5) is 11.4 Å². The van der Waals surface area contributed by atoms with Gasteiger partial charge in [0.25, 0.3) is 11.8 Å². The van der Waals surface area contributed by atoms with Gasteiger partial charge in [-0.2, -0.15) is 0 Å². The van der Waals surface area contributed by atoms with E-state index in [0.29, 0.717) is 37.1 Å². The molecule has 0 spiro atoms. The molecular formula is C26H32N2O6. The lowest BCUT2D eigenvalue weighted by Gasteiger charge is -2.36. The van der Waals surface area contributed by atoms with Gasteiger partial charge in [0.05, 0.1) is 22.2 Å². The molecule has 2 aliphatic carbocycles. The molecule has 4 atom stereocenters. The number of nitrogens with one attached hydrogen (secondary N) is 2. The summed E-state index contributed by atoms with van der Waals surface area (Å²) in [5.74, 6) is -1.52.